The van der Waals surface area contributed by atoms with E-state index >= 15 is 0 Å². The van der Waals surface area contributed by atoms with Crippen LogP contribution < -0.4 is 9.47 Å². The molecule has 27 heavy (non-hydrogen) atoms. The van der Waals surface area contributed by atoms with Gasteiger partial charge in [-0.1, -0.05) is 6.07 Å². The number of para-hydroxylation sites is 1. The third kappa shape index (κ3) is 4.78. The van der Waals surface area contributed by atoms with Gasteiger partial charge in [-0.15, -0.1) is 4.91 Å². The molecule has 1 aromatic carbocycles. The molecule has 0 bridgehead atoms. The van der Waals surface area contributed by atoms with E-state index in [9.17, 15) is 14.1 Å². The summed E-state index contributed by atoms with van der Waals surface area (Å²) in [7, 11) is 1.40. The first-order valence-corrected chi connectivity index (χ1v) is 7.80. The summed E-state index contributed by atoms with van der Waals surface area (Å²) in [5.74, 6) is -1.37. The van der Waals surface area contributed by atoms with E-state index in [0.29, 0.717) is 17.1 Å². The Labute approximate surface area is 154 Å². The first kappa shape index (κ1) is 19.8. The van der Waals surface area contributed by atoms with Gasteiger partial charge in [-0.3, -0.25) is 14.8 Å². The van der Waals surface area contributed by atoms with Crippen LogP contribution in [-0.4, -0.2) is 28.7 Å². The molecule has 0 N–H and O–H groups in total. The minimum absolute atomic E-state index is 0.0365. The van der Waals surface area contributed by atoms with Gasteiger partial charge >= 0.3 is 5.91 Å². The number of halogens is 1. The van der Waals surface area contributed by atoms with E-state index in [2.05, 4.69) is 20.1 Å². The summed E-state index contributed by atoms with van der Waals surface area (Å²) in [6, 6.07) is 4.28. The van der Waals surface area contributed by atoms with E-state index in [1.165, 1.54) is 38.6 Å². The molecule has 0 aliphatic carbocycles. The molecule has 0 aliphatic heterocycles. The van der Waals surface area contributed by atoms with Crippen molar-refractivity contribution in [3.05, 3.63) is 58.3 Å². The van der Waals surface area contributed by atoms with Crippen LogP contribution in [0.3, 0.4) is 0 Å². The Morgan fingerprint density at radius 3 is 2.59 bits per heavy atom. The first-order valence-electron chi connectivity index (χ1n) is 7.80. The molecule has 0 atom stereocenters. The monoisotopic (exact) mass is 372 g/mol. The van der Waals surface area contributed by atoms with Crippen molar-refractivity contribution in [1.82, 2.24) is 9.97 Å². The molecule has 8 nitrogen and oxygen atoms in total. The number of nitrogens with zero attached hydrogens (tertiary/aromatic N) is 4. The predicted molar refractivity (Wildman–Crippen MR) is 96.4 cm³/mol. The molecule has 0 radical (unpaired) electrons. The summed E-state index contributed by atoms with van der Waals surface area (Å²) >= 11 is 0. The van der Waals surface area contributed by atoms with Crippen LogP contribution in [0.4, 0.5) is 4.39 Å². The van der Waals surface area contributed by atoms with Gasteiger partial charge in [0.15, 0.2) is 11.6 Å². The van der Waals surface area contributed by atoms with E-state index < -0.39 is 11.7 Å². The highest BCUT2D eigenvalue weighted by Crippen LogP contribution is 2.33. The molecule has 0 fully saturated rings. The van der Waals surface area contributed by atoms with Crippen LogP contribution in [-0.2, 0) is 4.79 Å². The van der Waals surface area contributed by atoms with Gasteiger partial charge in [0, 0.05) is 16.4 Å². The number of amides is 1. The number of methoxy groups -OCH3 is 1. The SMILES string of the molecule is COc1cccc(F)c1Oc1cncc(/C(C)=N/C(C)=C(\C)C(=O)N=O)n1. The van der Waals surface area contributed by atoms with Crippen molar-refractivity contribution in [1.29, 1.82) is 0 Å². The first-order chi connectivity index (χ1) is 12.9. The normalized spacial score (nSPS) is 12.3. The molecule has 1 heterocycles. The highest BCUT2D eigenvalue weighted by atomic mass is 19.1. The molecule has 2 aromatic rings. The number of nitroso groups, excluding NO2 is 1. The van der Waals surface area contributed by atoms with Crippen molar-refractivity contribution in [2.24, 2.45) is 10.2 Å². The molecule has 0 saturated carbocycles. The summed E-state index contributed by atoms with van der Waals surface area (Å²) in [4.78, 5) is 34.1. The molecule has 1 aromatic heterocycles. The van der Waals surface area contributed by atoms with Crippen LogP contribution in [0.5, 0.6) is 17.4 Å². The second kappa shape index (κ2) is 8.75. The number of aromatic nitrogens is 2. The maximum Gasteiger partial charge on any atom is 0.314 e. The lowest BCUT2D eigenvalue weighted by molar-refractivity contribution is -0.114. The van der Waals surface area contributed by atoms with E-state index in [0.717, 1.165) is 0 Å². The second-order valence-electron chi connectivity index (χ2n) is 5.42. The molecule has 0 spiro atoms. The van der Waals surface area contributed by atoms with Gasteiger partial charge in [0.1, 0.15) is 5.69 Å². The lowest BCUT2D eigenvalue weighted by Gasteiger charge is -2.10. The van der Waals surface area contributed by atoms with Crippen molar-refractivity contribution in [3.63, 3.8) is 0 Å². The van der Waals surface area contributed by atoms with Gasteiger partial charge in [0.05, 0.1) is 25.2 Å². The third-order valence-corrected chi connectivity index (χ3v) is 3.62. The summed E-state index contributed by atoms with van der Waals surface area (Å²) in [5.41, 5.74) is 1.22. The van der Waals surface area contributed by atoms with E-state index in [1.54, 1.807) is 19.9 Å². The second-order valence-corrected chi connectivity index (χ2v) is 5.42. The number of hydrogen-bond acceptors (Lipinski definition) is 7. The Hall–Kier alpha value is -3.49. The summed E-state index contributed by atoms with van der Waals surface area (Å²) in [6.45, 7) is 4.67. The Bertz CT molecular complexity index is 941. The number of ether oxygens (including phenoxy) is 2. The van der Waals surface area contributed by atoms with Crippen molar-refractivity contribution in [3.8, 4) is 17.4 Å². The average Bonchev–Trinajstić information content (AvgIpc) is 2.68. The van der Waals surface area contributed by atoms with E-state index in [4.69, 9.17) is 9.47 Å². The van der Waals surface area contributed by atoms with Gasteiger partial charge < -0.3 is 9.47 Å². The van der Waals surface area contributed by atoms with Crippen molar-refractivity contribution < 1.29 is 18.7 Å². The van der Waals surface area contributed by atoms with Crippen molar-refractivity contribution in [2.45, 2.75) is 20.8 Å². The van der Waals surface area contributed by atoms with E-state index in [1.807, 2.05) is 0 Å². The summed E-state index contributed by atoms with van der Waals surface area (Å²) in [6.07, 6.45) is 2.75. The molecule has 140 valence electrons. The Balaban J connectivity index is 2.34. The van der Waals surface area contributed by atoms with Gasteiger partial charge in [0.2, 0.25) is 11.6 Å². The molecule has 0 saturated heterocycles. The number of hydrogen-bond donors (Lipinski definition) is 0. The maximum absolute atomic E-state index is 14.0. The number of benzene rings is 1. The third-order valence-electron chi connectivity index (χ3n) is 3.62. The van der Waals surface area contributed by atoms with Gasteiger partial charge in [-0.05, 0) is 32.9 Å². The molecular weight excluding hydrogens is 355 g/mol. The van der Waals surface area contributed by atoms with Crippen LogP contribution in [0.15, 0.2) is 52.0 Å². The van der Waals surface area contributed by atoms with Crippen molar-refractivity contribution in [2.75, 3.05) is 7.11 Å². The quantitative estimate of drug-likeness (QED) is 0.434. The smallest absolute Gasteiger partial charge is 0.314 e. The molecule has 0 unspecified atom stereocenters. The zero-order valence-corrected chi connectivity index (χ0v) is 15.2. The van der Waals surface area contributed by atoms with Gasteiger partial charge in [-0.2, -0.15) is 0 Å². The number of rotatable bonds is 6. The number of aliphatic imine (C=N–C) groups is 1. The highest BCUT2D eigenvalue weighted by molar-refractivity contribution is 5.99. The van der Waals surface area contributed by atoms with Crippen LogP contribution in [0.2, 0.25) is 0 Å². The Morgan fingerprint density at radius 1 is 1.19 bits per heavy atom. The molecule has 0 aliphatic rings. The number of carbonyl (C=O) groups excluding carboxylic acids is 1. The van der Waals surface area contributed by atoms with E-state index in [-0.39, 0.29) is 23.0 Å². The van der Waals surface area contributed by atoms with Crippen LogP contribution in [0.1, 0.15) is 26.5 Å². The summed E-state index contributed by atoms with van der Waals surface area (Å²) < 4.78 is 24.6. The molecular formula is C18H17FN4O4. The number of carbonyl (C=O) groups is 1. The fraction of sp³-hybridized carbons (Fsp3) is 0.222. The predicted octanol–water partition coefficient (Wildman–Crippen LogP) is 3.81. The molecule has 2 rings (SSSR count). The molecule has 1 amide bonds. The zero-order chi connectivity index (χ0) is 20.0. The topological polar surface area (TPSA) is 103 Å². The lowest BCUT2D eigenvalue weighted by Crippen LogP contribution is -2.04. The van der Waals surface area contributed by atoms with Gasteiger partial charge in [0.25, 0.3) is 0 Å². The standard InChI is InChI=1S/C18H17FN4O4/c1-10(18(24)23-25)11(2)21-12(3)14-8-20-9-16(22-14)27-17-13(19)6-5-7-15(17)26-4/h5-9H,1-4H3/b11-10+,21-12+. The maximum atomic E-state index is 14.0. The fourth-order valence-corrected chi connectivity index (χ4v) is 2.04. The summed E-state index contributed by atoms with van der Waals surface area (Å²) in [5, 5.41) is 2.36. The number of allylic oxidation sites excluding steroid dienone is 1. The van der Waals surface area contributed by atoms with Crippen LogP contribution in [0, 0.1) is 10.7 Å². The van der Waals surface area contributed by atoms with Gasteiger partial charge in [-0.25, -0.2) is 9.37 Å². The minimum atomic E-state index is -0.890. The minimum Gasteiger partial charge on any atom is -0.493 e. The van der Waals surface area contributed by atoms with Crippen LogP contribution >= 0.6 is 0 Å². The molecule has 9 heteroatoms. The Morgan fingerprint density at radius 2 is 1.93 bits per heavy atom. The zero-order valence-electron chi connectivity index (χ0n) is 15.2. The van der Waals surface area contributed by atoms with Crippen molar-refractivity contribution >= 4 is 11.6 Å². The largest absolute Gasteiger partial charge is 0.493 e. The highest BCUT2D eigenvalue weighted by Gasteiger charge is 2.14. The average molecular weight is 372 g/mol. The fourth-order valence-electron chi connectivity index (χ4n) is 2.04. The lowest BCUT2D eigenvalue weighted by atomic mass is 10.2. The Kier molecular flexibility index (Phi) is 6.42. The van der Waals surface area contributed by atoms with Crippen LogP contribution in [0.25, 0.3) is 0 Å².